The molecule has 0 bridgehead atoms. The summed E-state index contributed by atoms with van der Waals surface area (Å²) in [6.45, 7) is 6.14. The zero-order valence-corrected chi connectivity index (χ0v) is 21.3. The van der Waals surface area contributed by atoms with Crippen molar-refractivity contribution in [2.24, 2.45) is 0 Å². The highest BCUT2D eigenvalue weighted by atomic mass is 32.1. The Balaban J connectivity index is 1.47. The molecule has 0 aliphatic heterocycles. The highest BCUT2D eigenvalue weighted by Gasteiger charge is 2.16. The van der Waals surface area contributed by atoms with Gasteiger partial charge in [-0.05, 0) is 61.0 Å². The van der Waals surface area contributed by atoms with Crippen molar-refractivity contribution in [3.63, 3.8) is 0 Å². The number of hydrogen-bond acceptors (Lipinski definition) is 7. The first kappa shape index (κ1) is 23.5. The minimum absolute atomic E-state index is 0.226. The lowest BCUT2D eigenvalue weighted by Crippen LogP contribution is -2.23. The summed E-state index contributed by atoms with van der Waals surface area (Å²) in [5, 5.41) is 9.32. The lowest BCUT2D eigenvalue weighted by molar-refractivity contribution is 0.361. The summed E-state index contributed by atoms with van der Waals surface area (Å²) in [4.78, 5) is 22.5. The molecule has 38 heavy (non-hydrogen) atoms. The van der Waals surface area contributed by atoms with Crippen molar-refractivity contribution in [3.05, 3.63) is 118 Å². The highest BCUT2D eigenvalue weighted by Crippen LogP contribution is 2.29. The van der Waals surface area contributed by atoms with Crippen LogP contribution in [0.15, 0.2) is 96.7 Å². The molecule has 6 aromatic rings. The maximum atomic E-state index is 13.3. The van der Waals surface area contributed by atoms with E-state index in [0.717, 1.165) is 39.4 Å². The van der Waals surface area contributed by atoms with E-state index in [0.29, 0.717) is 21.9 Å². The molecule has 0 fully saturated rings. The molecular weight excluding hydrogens is 496 g/mol. The fraction of sp³-hybridized carbons (Fsp3) is 0.0690. The Labute approximate surface area is 221 Å². The molecule has 0 unspecified atom stereocenters. The second-order valence-electron chi connectivity index (χ2n) is 8.58. The Morgan fingerprint density at radius 3 is 2.66 bits per heavy atom. The number of ether oxygens (including phenoxy) is 1. The van der Waals surface area contributed by atoms with Gasteiger partial charge < -0.3 is 4.74 Å². The standard InChI is InChI=1S/C29H22N6O2S/c1-3-14-37-24-12-11-20(15-19(24)2)26-22(18-34(32-26)23-9-5-4-6-10-23)16-25-28(36)35-29(38-25)31-27(33-35)21-8-7-13-30-17-21/h3-13,15-18H,1,14H2,2H3. The van der Waals surface area contributed by atoms with Crippen molar-refractivity contribution < 1.29 is 4.74 Å². The number of rotatable bonds is 7. The molecule has 0 atom stereocenters. The summed E-state index contributed by atoms with van der Waals surface area (Å²) < 4.78 is 9.43. The topological polar surface area (TPSA) is 87.2 Å². The molecule has 0 saturated heterocycles. The lowest BCUT2D eigenvalue weighted by Gasteiger charge is -2.08. The van der Waals surface area contributed by atoms with Gasteiger partial charge in [0.15, 0.2) is 5.82 Å². The number of aromatic nitrogens is 6. The second kappa shape index (κ2) is 9.87. The molecule has 0 aliphatic rings. The predicted molar refractivity (Wildman–Crippen MR) is 149 cm³/mol. The van der Waals surface area contributed by atoms with Crippen LogP contribution in [0.3, 0.4) is 0 Å². The fourth-order valence-electron chi connectivity index (χ4n) is 4.13. The summed E-state index contributed by atoms with van der Waals surface area (Å²) >= 11 is 1.29. The third-order valence-corrected chi connectivity index (χ3v) is 6.92. The molecule has 186 valence electrons. The van der Waals surface area contributed by atoms with Crippen LogP contribution in [0.5, 0.6) is 5.75 Å². The average Bonchev–Trinajstić information content (AvgIpc) is 3.64. The molecule has 0 saturated carbocycles. The van der Waals surface area contributed by atoms with Crippen LogP contribution >= 0.6 is 11.3 Å². The van der Waals surface area contributed by atoms with Crippen LogP contribution in [0.4, 0.5) is 0 Å². The number of nitrogens with zero attached hydrogens (tertiary/aromatic N) is 6. The van der Waals surface area contributed by atoms with E-state index in [-0.39, 0.29) is 5.56 Å². The van der Waals surface area contributed by atoms with E-state index >= 15 is 0 Å². The summed E-state index contributed by atoms with van der Waals surface area (Å²) in [6, 6.07) is 19.5. The Bertz CT molecular complexity index is 1870. The van der Waals surface area contributed by atoms with Gasteiger partial charge in [0.1, 0.15) is 18.1 Å². The smallest absolute Gasteiger partial charge is 0.291 e. The highest BCUT2D eigenvalue weighted by molar-refractivity contribution is 7.15. The summed E-state index contributed by atoms with van der Waals surface area (Å²) in [7, 11) is 0. The van der Waals surface area contributed by atoms with Gasteiger partial charge in [-0.2, -0.15) is 14.6 Å². The number of para-hydroxylation sites is 1. The first-order valence-electron chi connectivity index (χ1n) is 11.9. The van der Waals surface area contributed by atoms with Crippen molar-refractivity contribution >= 4 is 22.4 Å². The van der Waals surface area contributed by atoms with Gasteiger partial charge in [0, 0.05) is 35.3 Å². The van der Waals surface area contributed by atoms with Crippen molar-refractivity contribution in [2.45, 2.75) is 6.92 Å². The quantitative estimate of drug-likeness (QED) is 0.290. The molecule has 4 aromatic heterocycles. The molecule has 6 rings (SSSR count). The van der Waals surface area contributed by atoms with Crippen molar-refractivity contribution in [1.82, 2.24) is 29.4 Å². The molecule has 9 heteroatoms. The molecule has 0 aliphatic carbocycles. The van der Waals surface area contributed by atoms with Crippen molar-refractivity contribution in [2.75, 3.05) is 6.61 Å². The van der Waals surface area contributed by atoms with E-state index in [9.17, 15) is 4.79 Å². The number of fused-ring (bicyclic) bond motifs is 1. The van der Waals surface area contributed by atoms with Crippen LogP contribution in [0.25, 0.3) is 39.4 Å². The van der Waals surface area contributed by atoms with E-state index < -0.39 is 0 Å². The molecule has 8 nitrogen and oxygen atoms in total. The maximum Gasteiger partial charge on any atom is 0.291 e. The number of thiazole rings is 1. The summed E-state index contributed by atoms with van der Waals surface area (Å²) in [5.41, 5.74) is 4.91. The lowest BCUT2D eigenvalue weighted by atomic mass is 10.0. The van der Waals surface area contributed by atoms with Crippen LogP contribution in [0.1, 0.15) is 11.1 Å². The van der Waals surface area contributed by atoms with Crippen LogP contribution in [-0.2, 0) is 0 Å². The van der Waals surface area contributed by atoms with Crippen molar-refractivity contribution in [3.8, 4) is 34.1 Å². The van der Waals surface area contributed by atoms with Gasteiger partial charge in [-0.15, -0.1) is 5.10 Å². The van der Waals surface area contributed by atoms with Gasteiger partial charge >= 0.3 is 0 Å². The number of hydrogen-bond donors (Lipinski definition) is 0. The van der Waals surface area contributed by atoms with Gasteiger partial charge in [0.2, 0.25) is 4.96 Å². The largest absolute Gasteiger partial charge is 0.489 e. The summed E-state index contributed by atoms with van der Waals surface area (Å²) in [5.74, 6) is 1.26. The van der Waals surface area contributed by atoms with Gasteiger partial charge in [-0.25, -0.2) is 4.68 Å². The van der Waals surface area contributed by atoms with Gasteiger partial charge in [-0.3, -0.25) is 9.78 Å². The number of benzene rings is 2. The molecule has 0 spiro atoms. The first-order chi connectivity index (χ1) is 18.6. The minimum atomic E-state index is -0.226. The maximum absolute atomic E-state index is 13.3. The van der Waals surface area contributed by atoms with Gasteiger partial charge in [0.05, 0.1) is 10.2 Å². The van der Waals surface area contributed by atoms with Crippen LogP contribution < -0.4 is 14.8 Å². The molecular formula is C29H22N6O2S. The van der Waals surface area contributed by atoms with E-state index in [1.54, 1.807) is 18.5 Å². The van der Waals surface area contributed by atoms with Gasteiger partial charge in [-0.1, -0.05) is 42.2 Å². The Morgan fingerprint density at radius 2 is 1.92 bits per heavy atom. The normalized spacial score (nSPS) is 11.8. The van der Waals surface area contributed by atoms with Crippen LogP contribution in [0, 0.1) is 6.92 Å². The SMILES string of the molecule is C=CCOc1ccc(-c2nn(-c3ccccc3)cc2C=c2sc3nc(-c4cccnc4)nn3c2=O)cc1C. The third kappa shape index (κ3) is 4.39. The van der Waals surface area contributed by atoms with Crippen molar-refractivity contribution in [1.29, 1.82) is 0 Å². The van der Waals surface area contributed by atoms with E-state index in [1.165, 1.54) is 15.9 Å². The average molecular weight is 519 g/mol. The van der Waals surface area contributed by atoms with Crippen LogP contribution in [-0.4, -0.2) is 36.0 Å². The molecule has 0 amide bonds. The molecule has 0 radical (unpaired) electrons. The Kier molecular flexibility index (Phi) is 6.11. The number of pyridine rings is 1. The molecule has 4 heterocycles. The zero-order chi connectivity index (χ0) is 26.1. The van der Waals surface area contributed by atoms with E-state index in [1.807, 2.05) is 84.5 Å². The van der Waals surface area contributed by atoms with E-state index in [4.69, 9.17) is 9.84 Å². The number of aryl methyl sites for hydroxylation is 1. The van der Waals surface area contributed by atoms with Crippen LogP contribution in [0.2, 0.25) is 0 Å². The molecule has 0 N–H and O–H groups in total. The minimum Gasteiger partial charge on any atom is -0.489 e. The molecule has 2 aromatic carbocycles. The Hall–Kier alpha value is -4.89. The fourth-order valence-corrected chi connectivity index (χ4v) is 5.03. The monoisotopic (exact) mass is 518 g/mol. The second-order valence-corrected chi connectivity index (χ2v) is 9.59. The first-order valence-corrected chi connectivity index (χ1v) is 12.7. The summed E-state index contributed by atoms with van der Waals surface area (Å²) in [6.07, 6.45) is 8.86. The Morgan fingerprint density at radius 1 is 1.05 bits per heavy atom. The predicted octanol–water partition coefficient (Wildman–Crippen LogP) is 4.49. The zero-order valence-electron chi connectivity index (χ0n) is 20.5. The third-order valence-electron chi connectivity index (χ3n) is 5.96. The van der Waals surface area contributed by atoms with E-state index in [2.05, 4.69) is 21.6 Å². The van der Waals surface area contributed by atoms with Gasteiger partial charge in [0.25, 0.3) is 5.56 Å².